The molecule has 0 saturated carbocycles. The van der Waals surface area contributed by atoms with Crippen LogP contribution in [0.5, 0.6) is 0 Å². The minimum absolute atomic E-state index is 0.0341. The molecule has 0 atom stereocenters. The SMILES string of the molecule is CN1CC2(C1)CN(Cc1ccc(Nc3ncc(F)c(-c4cc(F)c5nc6n(c5c4)CCC6)n3)nc1)C2. The standard InChI is InChI=1S/C26H26F2N8/c1-34-12-26(13-34)14-35(15-26)11-16-4-5-21(29-9-16)31-25-30-10-19(28)23(33-25)17-7-18(27)24-20(8-17)36-6-2-3-22(36)32-24/h4-5,7-10H,2-3,6,11-15H2,1H3,(H,29,30,31,33). The number of pyridine rings is 1. The van der Waals surface area contributed by atoms with Gasteiger partial charge in [0.25, 0.3) is 0 Å². The third-order valence-electron chi connectivity index (χ3n) is 7.49. The second-order valence-corrected chi connectivity index (χ2v) is 10.5. The number of hydrogen-bond donors (Lipinski definition) is 1. The van der Waals surface area contributed by atoms with Crippen LogP contribution >= 0.6 is 0 Å². The Hall–Kier alpha value is -3.50. The maximum Gasteiger partial charge on any atom is 0.229 e. The molecule has 1 N–H and O–H groups in total. The maximum absolute atomic E-state index is 14.8. The Morgan fingerprint density at radius 1 is 1.00 bits per heavy atom. The quantitative estimate of drug-likeness (QED) is 0.460. The summed E-state index contributed by atoms with van der Waals surface area (Å²) in [5.41, 5.74) is 3.02. The molecule has 0 amide bonds. The first kappa shape index (κ1) is 21.8. The molecule has 2 fully saturated rings. The molecular weight excluding hydrogens is 462 g/mol. The van der Waals surface area contributed by atoms with Crippen LogP contribution in [-0.2, 0) is 19.5 Å². The lowest BCUT2D eigenvalue weighted by Gasteiger charge is -2.59. The molecule has 184 valence electrons. The van der Waals surface area contributed by atoms with E-state index in [4.69, 9.17) is 0 Å². The highest BCUT2D eigenvalue weighted by Gasteiger charge is 2.49. The second-order valence-electron chi connectivity index (χ2n) is 10.5. The van der Waals surface area contributed by atoms with Gasteiger partial charge in [-0.3, -0.25) is 4.90 Å². The molecule has 3 aliphatic heterocycles. The molecule has 0 unspecified atom stereocenters. The highest BCUT2D eigenvalue weighted by molar-refractivity contribution is 5.83. The summed E-state index contributed by atoms with van der Waals surface area (Å²) in [7, 11) is 2.17. The maximum atomic E-state index is 14.8. The Bertz CT molecular complexity index is 1470. The zero-order valence-corrected chi connectivity index (χ0v) is 20.0. The number of imidazole rings is 1. The second kappa shape index (κ2) is 8.01. The van der Waals surface area contributed by atoms with Crippen molar-refractivity contribution >= 4 is 22.8 Å². The molecule has 6 heterocycles. The van der Waals surface area contributed by atoms with Crippen LogP contribution in [0.4, 0.5) is 20.5 Å². The first-order valence-corrected chi connectivity index (χ1v) is 12.3. The van der Waals surface area contributed by atoms with Gasteiger partial charge in [-0.05, 0) is 37.2 Å². The zero-order valence-electron chi connectivity index (χ0n) is 20.0. The fourth-order valence-corrected chi connectivity index (χ4v) is 6.11. The van der Waals surface area contributed by atoms with Crippen molar-refractivity contribution in [2.75, 3.05) is 38.5 Å². The van der Waals surface area contributed by atoms with E-state index >= 15 is 0 Å². The first-order valence-electron chi connectivity index (χ1n) is 12.3. The molecule has 0 bridgehead atoms. The van der Waals surface area contributed by atoms with Crippen molar-refractivity contribution in [3.8, 4) is 11.3 Å². The van der Waals surface area contributed by atoms with E-state index in [1.807, 2.05) is 22.9 Å². The number of aryl methyl sites for hydroxylation is 2. The summed E-state index contributed by atoms with van der Waals surface area (Å²) in [5, 5.41) is 3.04. The number of halogens is 2. The van der Waals surface area contributed by atoms with Crippen molar-refractivity contribution in [3.05, 3.63) is 59.7 Å². The van der Waals surface area contributed by atoms with Gasteiger partial charge in [0, 0.05) is 62.9 Å². The lowest BCUT2D eigenvalue weighted by atomic mass is 9.73. The van der Waals surface area contributed by atoms with Gasteiger partial charge in [-0.15, -0.1) is 0 Å². The van der Waals surface area contributed by atoms with Gasteiger partial charge in [-0.1, -0.05) is 6.07 Å². The number of benzene rings is 1. The third-order valence-corrected chi connectivity index (χ3v) is 7.49. The summed E-state index contributed by atoms with van der Waals surface area (Å²) in [4.78, 5) is 22.1. The highest BCUT2D eigenvalue weighted by atomic mass is 19.1. The molecule has 0 radical (unpaired) electrons. The van der Waals surface area contributed by atoms with E-state index in [1.54, 1.807) is 6.07 Å². The highest BCUT2D eigenvalue weighted by Crippen LogP contribution is 2.39. The van der Waals surface area contributed by atoms with Gasteiger partial charge in [0.1, 0.15) is 22.9 Å². The molecule has 4 aromatic rings. The van der Waals surface area contributed by atoms with Crippen molar-refractivity contribution in [1.29, 1.82) is 0 Å². The van der Waals surface area contributed by atoms with E-state index in [9.17, 15) is 8.78 Å². The monoisotopic (exact) mass is 488 g/mol. The topological polar surface area (TPSA) is 75.0 Å². The number of anilines is 2. The van der Waals surface area contributed by atoms with E-state index in [2.05, 4.69) is 42.1 Å². The van der Waals surface area contributed by atoms with Crippen LogP contribution in [0.2, 0.25) is 0 Å². The van der Waals surface area contributed by atoms with Crippen LogP contribution in [0.1, 0.15) is 17.8 Å². The van der Waals surface area contributed by atoms with Crippen molar-refractivity contribution in [2.24, 2.45) is 5.41 Å². The van der Waals surface area contributed by atoms with Gasteiger partial charge in [-0.2, -0.15) is 0 Å². The number of fused-ring (bicyclic) bond motifs is 3. The molecule has 1 spiro atoms. The number of nitrogens with zero attached hydrogens (tertiary/aromatic N) is 7. The zero-order chi connectivity index (χ0) is 24.4. The number of hydrogen-bond acceptors (Lipinski definition) is 7. The number of rotatable bonds is 5. The van der Waals surface area contributed by atoms with E-state index in [0.29, 0.717) is 27.8 Å². The van der Waals surface area contributed by atoms with Crippen LogP contribution in [0.15, 0.2) is 36.7 Å². The van der Waals surface area contributed by atoms with Crippen molar-refractivity contribution in [1.82, 2.24) is 34.3 Å². The third kappa shape index (κ3) is 3.63. The minimum Gasteiger partial charge on any atom is -0.328 e. The van der Waals surface area contributed by atoms with Crippen LogP contribution in [0.3, 0.4) is 0 Å². The number of aromatic nitrogens is 5. The molecule has 2 saturated heterocycles. The van der Waals surface area contributed by atoms with Gasteiger partial charge in [-0.25, -0.2) is 28.7 Å². The fourth-order valence-electron chi connectivity index (χ4n) is 6.11. The van der Waals surface area contributed by atoms with Crippen molar-refractivity contribution in [3.63, 3.8) is 0 Å². The summed E-state index contributed by atoms with van der Waals surface area (Å²) in [5.74, 6) is 0.530. The smallest absolute Gasteiger partial charge is 0.229 e. The Labute approximate surface area is 207 Å². The van der Waals surface area contributed by atoms with E-state index in [-0.39, 0.29) is 11.6 Å². The number of nitrogens with one attached hydrogen (secondary N) is 1. The summed E-state index contributed by atoms with van der Waals surface area (Å²) < 4.78 is 31.6. The molecule has 0 aliphatic carbocycles. The molecule has 7 rings (SSSR count). The average Bonchev–Trinajstić information content (AvgIpc) is 3.42. The van der Waals surface area contributed by atoms with Crippen molar-refractivity contribution in [2.45, 2.75) is 25.9 Å². The van der Waals surface area contributed by atoms with Gasteiger partial charge in [0.2, 0.25) is 5.95 Å². The average molecular weight is 489 g/mol. The summed E-state index contributed by atoms with van der Waals surface area (Å²) in [6.45, 7) is 6.31. The molecule has 36 heavy (non-hydrogen) atoms. The molecule has 3 aliphatic rings. The molecule has 10 heteroatoms. The molecular formula is C26H26F2N8. The largest absolute Gasteiger partial charge is 0.328 e. The van der Waals surface area contributed by atoms with Crippen LogP contribution in [-0.4, -0.2) is 67.5 Å². The normalized spacial score (nSPS) is 18.9. The summed E-state index contributed by atoms with van der Waals surface area (Å²) in [6.07, 6.45) is 4.73. The summed E-state index contributed by atoms with van der Waals surface area (Å²) in [6, 6.07) is 6.94. The van der Waals surface area contributed by atoms with E-state index < -0.39 is 11.6 Å². The van der Waals surface area contributed by atoms with Crippen LogP contribution in [0.25, 0.3) is 22.3 Å². The van der Waals surface area contributed by atoms with Gasteiger partial charge >= 0.3 is 0 Å². The Morgan fingerprint density at radius 2 is 1.86 bits per heavy atom. The summed E-state index contributed by atoms with van der Waals surface area (Å²) >= 11 is 0. The predicted molar refractivity (Wildman–Crippen MR) is 132 cm³/mol. The molecule has 3 aromatic heterocycles. The van der Waals surface area contributed by atoms with Gasteiger partial charge in [0.15, 0.2) is 11.6 Å². The predicted octanol–water partition coefficient (Wildman–Crippen LogP) is 3.60. The lowest BCUT2D eigenvalue weighted by molar-refractivity contribution is -0.108. The number of likely N-dealkylation sites (tertiary alicyclic amines) is 2. The van der Waals surface area contributed by atoms with Crippen molar-refractivity contribution < 1.29 is 8.78 Å². The molecule has 1 aromatic carbocycles. The van der Waals surface area contributed by atoms with Gasteiger partial charge < -0.3 is 14.8 Å². The first-order chi connectivity index (χ1) is 17.4. The Morgan fingerprint density at radius 3 is 2.64 bits per heavy atom. The van der Waals surface area contributed by atoms with Crippen LogP contribution < -0.4 is 5.32 Å². The minimum atomic E-state index is -0.617. The van der Waals surface area contributed by atoms with E-state index in [1.165, 1.54) is 19.2 Å². The van der Waals surface area contributed by atoms with Crippen LogP contribution in [0, 0.1) is 17.0 Å². The lowest BCUT2D eigenvalue weighted by Crippen LogP contribution is -2.70. The fraction of sp³-hybridized carbons (Fsp3) is 0.385. The molecule has 8 nitrogen and oxygen atoms in total. The van der Waals surface area contributed by atoms with E-state index in [0.717, 1.165) is 56.6 Å². The Balaban J connectivity index is 1.08. The van der Waals surface area contributed by atoms with Gasteiger partial charge in [0.05, 0.1) is 11.7 Å². The Kier molecular flexibility index (Phi) is 4.84.